The average Bonchev–Trinajstić information content (AvgIpc) is 3.09. The molecule has 1 fully saturated rings. The molecular formula is C13H13N3O4S. The predicted octanol–water partition coefficient (Wildman–Crippen LogP) is 1.01. The summed E-state index contributed by atoms with van der Waals surface area (Å²) in [5.74, 6) is -1.11. The third-order valence-corrected chi connectivity index (χ3v) is 4.70. The van der Waals surface area contributed by atoms with Crippen molar-refractivity contribution < 1.29 is 18.3 Å². The second-order valence-corrected chi connectivity index (χ2v) is 6.52. The third-order valence-electron chi connectivity index (χ3n) is 3.13. The van der Waals surface area contributed by atoms with Gasteiger partial charge in [-0.15, -0.1) is 0 Å². The molecule has 0 radical (unpaired) electrons. The van der Waals surface area contributed by atoms with Crippen LogP contribution in [0.25, 0.3) is 5.69 Å². The van der Waals surface area contributed by atoms with Gasteiger partial charge in [0, 0.05) is 12.2 Å². The SMILES string of the molecule is O=C(O)c1cnn(-c2ccccc2S(=O)(=O)NC2CC2)c1. The van der Waals surface area contributed by atoms with Crippen LogP contribution in [0.15, 0.2) is 41.6 Å². The Kier molecular flexibility index (Phi) is 3.26. The van der Waals surface area contributed by atoms with Crippen molar-refractivity contribution in [3.05, 3.63) is 42.2 Å². The maximum Gasteiger partial charge on any atom is 0.338 e. The number of hydrogen-bond acceptors (Lipinski definition) is 4. The van der Waals surface area contributed by atoms with Gasteiger partial charge in [0.1, 0.15) is 4.90 Å². The van der Waals surface area contributed by atoms with Gasteiger partial charge in [0.15, 0.2) is 0 Å². The van der Waals surface area contributed by atoms with Crippen LogP contribution >= 0.6 is 0 Å². The Morgan fingerprint density at radius 1 is 1.33 bits per heavy atom. The molecule has 0 atom stereocenters. The topological polar surface area (TPSA) is 101 Å². The van der Waals surface area contributed by atoms with Gasteiger partial charge in [-0.2, -0.15) is 5.10 Å². The second-order valence-electron chi connectivity index (χ2n) is 4.84. The van der Waals surface area contributed by atoms with E-state index in [0.29, 0.717) is 5.69 Å². The quantitative estimate of drug-likeness (QED) is 0.858. The molecule has 1 aliphatic carbocycles. The van der Waals surface area contributed by atoms with E-state index < -0.39 is 16.0 Å². The van der Waals surface area contributed by atoms with Crippen LogP contribution in [0.4, 0.5) is 0 Å². The molecule has 110 valence electrons. The van der Waals surface area contributed by atoms with Crippen molar-refractivity contribution in [2.75, 3.05) is 0 Å². The number of rotatable bonds is 5. The molecule has 0 aliphatic heterocycles. The first-order valence-corrected chi connectivity index (χ1v) is 7.85. The fourth-order valence-corrected chi connectivity index (χ4v) is 3.42. The maximum absolute atomic E-state index is 12.3. The van der Waals surface area contributed by atoms with Gasteiger partial charge < -0.3 is 5.11 Å². The van der Waals surface area contributed by atoms with Crippen LogP contribution < -0.4 is 4.72 Å². The van der Waals surface area contributed by atoms with Crippen molar-refractivity contribution in [3.63, 3.8) is 0 Å². The number of nitrogens with zero attached hydrogens (tertiary/aromatic N) is 2. The highest BCUT2D eigenvalue weighted by Gasteiger charge is 2.29. The summed E-state index contributed by atoms with van der Waals surface area (Å²) in [6.45, 7) is 0. The predicted molar refractivity (Wildman–Crippen MR) is 73.9 cm³/mol. The van der Waals surface area contributed by atoms with Crippen LogP contribution in [0.3, 0.4) is 0 Å². The molecule has 1 saturated carbocycles. The van der Waals surface area contributed by atoms with E-state index >= 15 is 0 Å². The second kappa shape index (κ2) is 4.97. The van der Waals surface area contributed by atoms with Gasteiger partial charge in [0.2, 0.25) is 10.0 Å². The molecule has 1 aliphatic rings. The minimum absolute atomic E-state index is 0.00245. The Hall–Kier alpha value is -2.19. The summed E-state index contributed by atoms with van der Waals surface area (Å²) in [5, 5.41) is 12.8. The summed E-state index contributed by atoms with van der Waals surface area (Å²) in [6, 6.07) is 6.35. The monoisotopic (exact) mass is 307 g/mol. The van der Waals surface area contributed by atoms with Gasteiger partial charge in [-0.05, 0) is 25.0 Å². The lowest BCUT2D eigenvalue weighted by Crippen LogP contribution is -2.26. The number of aromatic nitrogens is 2. The fraction of sp³-hybridized carbons (Fsp3) is 0.231. The average molecular weight is 307 g/mol. The lowest BCUT2D eigenvalue weighted by molar-refractivity contribution is 0.0697. The summed E-state index contributed by atoms with van der Waals surface area (Å²) in [5.41, 5.74) is 0.315. The van der Waals surface area contributed by atoms with Crippen molar-refractivity contribution in [2.45, 2.75) is 23.8 Å². The molecule has 21 heavy (non-hydrogen) atoms. The molecule has 0 saturated heterocycles. The van der Waals surface area contributed by atoms with E-state index in [0.717, 1.165) is 12.8 Å². The van der Waals surface area contributed by atoms with E-state index in [2.05, 4.69) is 9.82 Å². The number of carboxylic acids is 1. The molecule has 0 amide bonds. The number of carboxylic acid groups (broad SMARTS) is 1. The summed E-state index contributed by atoms with van der Waals surface area (Å²) in [4.78, 5) is 11.0. The highest BCUT2D eigenvalue weighted by molar-refractivity contribution is 7.89. The molecule has 7 nitrogen and oxygen atoms in total. The molecule has 0 spiro atoms. The molecule has 1 aromatic carbocycles. The lowest BCUT2D eigenvalue weighted by atomic mass is 10.3. The fourth-order valence-electron chi connectivity index (χ4n) is 1.92. The van der Waals surface area contributed by atoms with E-state index in [1.807, 2.05) is 0 Å². The molecule has 1 aromatic heterocycles. The summed E-state index contributed by atoms with van der Waals surface area (Å²) >= 11 is 0. The van der Waals surface area contributed by atoms with Crippen LogP contribution in [0.2, 0.25) is 0 Å². The first-order chi connectivity index (χ1) is 9.97. The normalized spacial score (nSPS) is 15.0. The third kappa shape index (κ3) is 2.81. The van der Waals surface area contributed by atoms with Gasteiger partial charge in [0.05, 0.1) is 17.4 Å². The Labute approximate surface area is 121 Å². The largest absolute Gasteiger partial charge is 0.478 e. The number of hydrogen-bond donors (Lipinski definition) is 2. The molecule has 1 heterocycles. The van der Waals surface area contributed by atoms with Crippen LogP contribution in [0, 0.1) is 0 Å². The van der Waals surface area contributed by atoms with Crippen molar-refractivity contribution in [2.24, 2.45) is 0 Å². The zero-order valence-corrected chi connectivity index (χ0v) is 11.7. The molecule has 2 aromatic rings. The van der Waals surface area contributed by atoms with E-state index in [1.165, 1.54) is 23.1 Å². The van der Waals surface area contributed by atoms with Crippen LogP contribution in [0.1, 0.15) is 23.2 Å². The van der Waals surface area contributed by atoms with Crippen molar-refractivity contribution in [1.82, 2.24) is 14.5 Å². The van der Waals surface area contributed by atoms with Crippen LogP contribution in [-0.2, 0) is 10.0 Å². The number of carbonyl (C=O) groups is 1. The Morgan fingerprint density at radius 2 is 2.05 bits per heavy atom. The molecule has 0 unspecified atom stereocenters. The number of benzene rings is 1. The maximum atomic E-state index is 12.3. The van der Waals surface area contributed by atoms with Crippen molar-refractivity contribution in [1.29, 1.82) is 0 Å². The summed E-state index contributed by atoms with van der Waals surface area (Å²) < 4.78 is 28.6. The Balaban J connectivity index is 2.04. The minimum Gasteiger partial charge on any atom is -0.478 e. The van der Waals surface area contributed by atoms with E-state index in [-0.39, 0.29) is 16.5 Å². The minimum atomic E-state index is -3.65. The van der Waals surface area contributed by atoms with Gasteiger partial charge in [-0.25, -0.2) is 22.6 Å². The molecule has 0 bridgehead atoms. The molecular weight excluding hydrogens is 294 g/mol. The Morgan fingerprint density at radius 3 is 2.67 bits per heavy atom. The highest BCUT2D eigenvalue weighted by Crippen LogP contribution is 2.25. The van der Waals surface area contributed by atoms with E-state index in [4.69, 9.17) is 5.11 Å². The van der Waals surface area contributed by atoms with Crippen molar-refractivity contribution in [3.8, 4) is 5.69 Å². The first kappa shape index (κ1) is 13.8. The van der Waals surface area contributed by atoms with Gasteiger partial charge in [0.25, 0.3) is 0 Å². The summed E-state index contributed by atoms with van der Waals surface area (Å²) in [7, 11) is -3.65. The molecule has 2 N–H and O–H groups in total. The summed E-state index contributed by atoms with van der Waals surface area (Å²) in [6.07, 6.45) is 4.15. The smallest absolute Gasteiger partial charge is 0.338 e. The van der Waals surface area contributed by atoms with Gasteiger partial charge >= 0.3 is 5.97 Å². The lowest BCUT2D eigenvalue weighted by Gasteiger charge is -2.10. The number of aromatic carboxylic acids is 1. The standard InChI is InChI=1S/C13H13N3O4S/c17-13(18)9-7-14-16(8-9)11-3-1-2-4-12(11)21(19,20)15-10-5-6-10/h1-4,7-8,10,15H,5-6H2,(H,17,18). The zero-order chi connectivity index (χ0) is 15.0. The zero-order valence-electron chi connectivity index (χ0n) is 10.9. The first-order valence-electron chi connectivity index (χ1n) is 6.37. The van der Waals surface area contributed by atoms with Crippen LogP contribution in [0.5, 0.6) is 0 Å². The van der Waals surface area contributed by atoms with Crippen LogP contribution in [-0.4, -0.2) is 35.3 Å². The van der Waals surface area contributed by atoms with E-state index in [1.54, 1.807) is 18.2 Å². The van der Waals surface area contributed by atoms with E-state index in [9.17, 15) is 13.2 Å². The molecule has 8 heteroatoms. The molecule has 3 rings (SSSR count). The number of nitrogens with one attached hydrogen (secondary N) is 1. The van der Waals surface area contributed by atoms with Gasteiger partial charge in [-0.3, -0.25) is 0 Å². The highest BCUT2D eigenvalue weighted by atomic mass is 32.2. The Bertz CT molecular complexity index is 793. The number of sulfonamides is 1. The van der Waals surface area contributed by atoms with Gasteiger partial charge in [-0.1, -0.05) is 12.1 Å². The van der Waals surface area contributed by atoms with Crippen molar-refractivity contribution >= 4 is 16.0 Å². The number of para-hydroxylation sites is 1.